The molecule has 168 valence electrons. The highest BCUT2D eigenvalue weighted by Gasteiger charge is 2.52. The second kappa shape index (κ2) is 6.84. The number of halogens is 1. The largest absolute Gasteiger partial charge is 0.338 e. The zero-order valence-corrected chi connectivity index (χ0v) is 17.8. The van der Waals surface area contributed by atoms with Gasteiger partial charge in [0.1, 0.15) is 17.2 Å². The van der Waals surface area contributed by atoms with E-state index in [1.807, 2.05) is 4.57 Å². The molecule has 9 nitrogen and oxygen atoms in total. The molecule has 0 saturated heterocycles. The fourth-order valence-corrected chi connectivity index (χ4v) is 5.05. The molecular formula is C23H21FN6O3. The number of rotatable bonds is 6. The summed E-state index contributed by atoms with van der Waals surface area (Å²) in [6, 6.07) is 5.67. The van der Waals surface area contributed by atoms with Crippen molar-refractivity contribution >= 4 is 23.3 Å². The van der Waals surface area contributed by atoms with Crippen LogP contribution in [0.3, 0.4) is 0 Å². The Morgan fingerprint density at radius 3 is 2.64 bits per heavy atom. The molecule has 33 heavy (non-hydrogen) atoms. The molecule has 3 aliphatic rings. The van der Waals surface area contributed by atoms with Gasteiger partial charge < -0.3 is 15.2 Å². The number of carbonyl (C=O) groups excluding carboxylic acids is 3. The third kappa shape index (κ3) is 3.08. The third-order valence-electron chi connectivity index (χ3n) is 6.98. The van der Waals surface area contributed by atoms with E-state index in [0.29, 0.717) is 53.4 Å². The van der Waals surface area contributed by atoms with E-state index in [-0.39, 0.29) is 11.9 Å². The third-order valence-corrected chi connectivity index (χ3v) is 6.98. The maximum atomic E-state index is 13.3. The van der Waals surface area contributed by atoms with Gasteiger partial charge in [0.05, 0.1) is 17.3 Å². The first-order valence-corrected chi connectivity index (χ1v) is 10.9. The topological polar surface area (TPSA) is 122 Å². The SMILES string of the molecule is Cc1c(C(=O)C(=O)NC2(c3cn[nH]n3)CC2)c2n(c1C(=O)Nc1ccc(F)cc1)[C@@H]1CC1C2. The highest BCUT2D eigenvalue weighted by molar-refractivity contribution is 6.44. The summed E-state index contributed by atoms with van der Waals surface area (Å²) in [7, 11) is 0. The summed E-state index contributed by atoms with van der Waals surface area (Å²) in [5.74, 6) is -1.75. The van der Waals surface area contributed by atoms with Crippen LogP contribution in [0.1, 0.15) is 63.1 Å². The van der Waals surface area contributed by atoms with Crippen LogP contribution in [0.2, 0.25) is 0 Å². The normalized spacial score (nSPS) is 21.2. The maximum Gasteiger partial charge on any atom is 0.293 e. The number of H-pyrrole nitrogens is 1. The summed E-state index contributed by atoms with van der Waals surface area (Å²) in [6.07, 6.45) is 4.53. The first-order valence-electron chi connectivity index (χ1n) is 10.9. The Morgan fingerprint density at radius 2 is 1.97 bits per heavy atom. The first-order chi connectivity index (χ1) is 15.9. The summed E-state index contributed by atoms with van der Waals surface area (Å²) in [5, 5.41) is 16.0. The fourth-order valence-electron chi connectivity index (χ4n) is 5.05. The first kappa shape index (κ1) is 19.8. The quantitative estimate of drug-likeness (QED) is 0.395. The molecule has 2 fully saturated rings. The zero-order chi connectivity index (χ0) is 22.9. The Bertz CT molecular complexity index is 1310. The fraction of sp³-hybridized carbons (Fsp3) is 0.348. The van der Waals surface area contributed by atoms with Crippen LogP contribution in [-0.4, -0.2) is 37.6 Å². The van der Waals surface area contributed by atoms with Crippen molar-refractivity contribution in [1.82, 2.24) is 25.3 Å². The molecule has 0 radical (unpaired) electrons. The number of fused-ring (bicyclic) bond motifs is 3. The van der Waals surface area contributed by atoms with Crippen LogP contribution in [0.5, 0.6) is 0 Å². The minimum absolute atomic E-state index is 0.169. The van der Waals surface area contributed by atoms with E-state index in [1.54, 1.807) is 13.1 Å². The highest BCUT2D eigenvalue weighted by atomic mass is 19.1. The Morgan fingerprint density at radius 1 is 1.21 bits per heavy atom. The van der Waals surface area contributed by atoms with Crippen LogP contribution in [0.15, 0.2) is 30.5 Å². The maximum absolute atomic E-state index is 13.3. The number of Topliss-reactive ketones (excluding diaryl/α,β-unsaturated/α-hetero) is 1. The lowest BCUT2D eigenvalue weighted by Crippen LogP contribution is -2.40. The average molecular weight is 448 g/mol. The van der Waals surface area contributed by atoms with Crippen LogP contribution in [-0.2, 0) is 16.8 Å². The Balaban J connectivity index is 1.31. The number of hydrogen-bond acceptors (Lipinski definition) is 5. The molecule has 2 saturated carbocycles. The number of carbonyl (C=O) groups is 3. The summed E-state index contributed by atoms with van der Waals surface area (Å²) < 4.78 is 15.1. The summed E-state index contributed by atoms with van der Waals surface area (Å²) >= 11 is 0. The number of hydrogen-bond donors (Lipinski definition) is 3. The molecule has 1 aliphatic heterocycles. The number of nitrogens with zero attached hydrogens (tertiary/aromatic N) is 3. The lowest BCUT2D eigenvalue weighted by atomic mass is 10.0. The van der Waals surface area contributed by atoms with E-state index in [4.69, 9.17) is 0 Å². The molecule has 3 heterocycles. The number of anilines is 1. The van der Waals surface area contributed by atoms with Gasteiger partial charge in [-0.2, -0.15) is 15.4 Å². The lowest BCUT2D eigenvalue weighted by Gasteiger charge is -2.14. The van der Waals surface area contributed by atoms with Gasteiger partial charge in [0.2, 0.25) is 0 Å². The van der Waals surface area contributed by atoms with Crippen molar-refractivity contribution in [2.75, 3.05) is 5.32 Å². The van der Waals surface area contributed by atoms with E-state index < -0.39 is 23.0 Å². The molecule has 1 unspecified atom stereocenters. The molecule has 3 N–H and O–H groups in total. The van der Waals surface area contributed by atoms with E-state index in [9.17, 15) is 18.8 Å². The molecule has 6 rings (SSSR count). The van der Waals surface area contributed by atoms with Gasteiger partial charge in [-0.05, 0) is 68.4 Å². The van der Waals surface area contributed by atoms with Gasteiger partial charge in [0.15, 0.2) is 0 Å². The second-order valence-corrected chi connectivity index (χ2v) is 9.11. The molecule has 2 aromatic heterocycles. The van der Waals surface area contributed by atoms with Crippen molar-refractivity contribution in [2.45, 2.75) is 44.2 Å². The number of ketones is 1. The molecule has 1 aromatic carbocycles. The summed E-state index contributed by atoms with van der Waals surface area (Å²) in [5.41, 5.74) is 2.30. The predicted octanol–water partition coefficient (Wildman–Crippen LogP) is 2.41. The molecular weight excluding hydrogens is 427 g/mol. The van der Waals surface area contributed by atoms with Gasteiger partial charge in [-0.25, -0.2) is 4.39 Å². The average Bonchev–Trinajstić information content (AvgIpc) is 3.58. The summed E-state index contributed by atoms with van der Waals surface area (Å²) in [4.78, 5) is 39.5. The monoisotopic (exact) mass is 448 g/mol. The number of nitrogens with one attached hydrogen (secondary N) is 3. The van der Waals surface area contributed by atoms with E-state index in [1.165, 1.54) is 24.3 Å². The van der Waals surface area contributed by atoms with Crippen LogP contribution in [0.25, 0.3) is 0 Å². The Hall–Kier alpha value is -3.82. The van der Waals surface area contributed by atoms with E-state index in [2.05, 4.69) is 26.0 Å². The number of aromatic nitrogens is 4. The Labute approximate surface area is 187 Å². The van der Waals surface area contributed by atoms with Gasteiger partial charge in [0.25, 0.3) is 17.6 Å². The van der Waals surface area contributed by atoms with Gasteiger partial charge in [-0.1, -0.05) is 0 Å². The predicted molar refractivity (Wildman–Crippen MR) is 114 cm³/mol. The van der Waals surface area contributed by atoms with Crippen molar-refractivity contribution in [2.24, 2.45) is 5.92 Å². The van der Waals surface area contributed by atoms with Crippen molar-refractivity contribution in [3.63, 3.8) is 0 Å². The molecule has 2 aliphatic carbocycles. The zero-order valence-electron chi connectivity index (χ0n) is 17.8. The van der Waals surface area contributed by atoms with Gasteiger partial charge in [-0.3, -0.25) is 14.4 Å². The van der Waals surface area contributed by atoms with Crippen LogP contribution >= 0.6 is 0 Å². The van der Waals surface area contributed by atoms with Crippen molar-refractivity contribution in [3.8, 4) is 0 Å². The molecule has 3 aromatic rings. The molecule has 0 bridgehead atoms. The second-order valence-electron chi connectivity index (χ2n) is 9.11. The lowest BCUT2D eigenvalue weighted by molar-refractivity contribution is -0.118. The van der Waals surface area contributed by atoms with Crippen LogP contribution in [0.4, 0.5) is 10.1 Å². The standard InChI is InChI=1S/C23H21FN6O3/c1-11-18(20(31)22(33)27-23(6-7-23)17-10-25-29-28-17)16-9-12-8-15(12)30(16)19(11)21(32)26-14-4-2-13(24)3-5-14/h2-5,10,12,15H,6-9H2,1H3,(H,26,32)(H,27,33)(H,25,28,29)/t12?,15-/m1/s1. The molecule has 0 spiro atoms. The van der Waals surface area contributed by atoms with E-state index in [0.717, 1.165) is 12.1 Å². The molecule has 10 heteroatoms. The number of benzene rings is 1. The van der Waals surface area contributed by atoms with Crippen molar-refractivity contribution < 1.29 is 18.8 Å². The minimum Gasteiger partial charge on any atom is -0.338 e. The summed E-state index contributed by atoms with van der Waals surface area (Å²) in [6.45, 7) is 1.70. The van der Waals surface area contributed by atoms with Crippen LogP contribution < -0.4 is 10.6 Å². The van der Waals surface area contributed by atoms with E-state index >= 15 is 0 Å². The minimum atomic E-state index is -0.710. The Kier molecular flexibility index (Phi) is 4.11. The van der Waals surface area contributed by atoms with Gasteiger partial charge in [-0.15, -0.1) is 0 Å². The molecule has 2 atom stereocenters. The smallest absolute Gasteiger partial charge is 0.293 e. The van der Waals surface area contributed by atoms with Gasteiger partial charge >= 0.3 is 0 Å². The molecule has 2 amide bonds. The highest BCUT2D eigenvalue weighted by Crippen LogP contribution is 2.54. The number of aromatic amines is 1. The van der Waals surface area contributed by atoms with Crippen molar-refractivity contribution in [3.05, 3.63) is 64.5 Å². The number of amides is 2. The van der Waals surface area contributed by atoms with Crippen molar-refractivity contribution in [1.29, 1.82) is 0 Å². The van der Waals surface area contributed by atoms with Crippen LogP contribution in [0, 0.1) is 18.7 Å². The van der Waals surface area contributed by atoms with Gasteiger partial charge in [0, 0.05) is 17.4 Å².